The van der Waals surface area contributed by atoms with Gasteiger partial charge in [-0.3, -0.25) is 0 Å². The molecule has 4 heterocycles. The van der Waals surface area contributed by atoms with Gasteiger partial charge in [0.05, 0.1) is 11.4 Å². The monoisotopic (exact) mass is 966 g/mol. The standard InChI is InChI=1S/C72H46N4/c1-3-15-47(16-4-1)55-39-41-67-73-65(45-75(67)43-55)49-27-31-51(32-28-49)69-57-19-7-11-23-61(57)71(62-24-12-8-20-58(62)69)53-35-37-54(38-36-53)72-63-25-13-9-21-59(63)70(60-22-10-14-26-64(60)72)52-33-29-50(30-34-52)66-46-76-44-56(40-42-68(76)74-66)48-17-5-2-6-18-48/h1-46H. The maximum absolute atomic E-state index is 5.02. The quantitative estimate of drug-likeness (QED) is 0.142. The van der Waals surface area contributed by atoms with Gasteiger partial charge >= 0.3 is 0 Å². The summed E-state index contributed by atoms with van der Waals surface area (Å²) in [5, 5.41) is 9.83. The molecule has 0 spiro atoms. The molecule has 0 N–H and O–H groups in total. The van der Waals surface area contributed by atoms with Gasteiger partial charge in [0.15, 0.2) is 0 Å². The van der Waals surface area contributed by atoms with E-state index in [9.17, 15) is 0 Å². The lowest BCUT2D eigenvalue weighted by molar-refractivity contribution is 1.19. The van der Waals surface area contributed by atoms with Crippen molar-refractivity contribution in [2.24, 2.45) is 0 Å². The minimum Gasteiger partial charge on any atom is -0.306 e. The van der Waals surface area contributed by atoms with Gasteiger partial charge in [0.25, 0.3) is 0 Å². The van der Waals surface area contributed by atoms with Crippen molar-refractivity contribution < 1.29 is 0 Å². The Labute approximate surface area is 439 Å². The Morgan fingerprint density at radius 1 is 0.184 bits per heavy atom. The van der Waals surface area contributed by atoms with Crippen LogP contribution in [0.2, 0.25) is 0 Å². The van der Waals surface area contributed by atoms with Crippen LogP contribution in [0.25, 0.3) is 144 Å². The molecule has 11 aromatic carbocycles. The summed E-state index contributed by atoms with van der Waals surface area (Å²) in [6, 6.07) is 92.3. The van der Waals surface area contributed by atoms with Gasteiger partial charge in [0.1, 0.15) is 11.3 Å². The van der Waals surface area contributed by atoms with Crippen molar-refractivity contribution in [1.29, 1.82) is 0 Å². The molecule has 354 valence electrons. The molecule has 0 amide bonds. The zero-order valence-corrected chi connectivity index (χ0v) is 41.3. The van der Waals surface area contributed by atoms with Gasteiger partial charge in [-0.2, -0.15) is 0 Å². The van der Waals surface area contributed by atoms with Crippen molar-refractivity contribution in [2.75, 3.05) is 0 Å². The Kier molecular flexibility index (Phi) is 10.2. The van der Waals surface area contributed by atoms with E-state index >= 15 is 0 Å². The molecule has 0 saturated carbocycles. The SMILES string of the molecule is c1ccc(-c2ccc3nc(-c4ccc(-c5c6ccccc6c(-c6ccc(-c7c8ccccc8c(-c8ccc(-c9cn%10cc(-c%11ccccc%11)ccc%10n9)cc8)c8ccccc78)cc6)c6ccccc56)cc4)cn3c2)cc1. The van der Waals surface area contributed by atoms with Crippen LogP contribution in [0.15, 0.2) is 280 Å². The summed E-state index contributed by atoms with van der Waals surface area (Å²) in [5.74, 6) is 0. The highest BCUT2D eigenvalue weighted by molar-refractivity contribution is 6.23. The number of benzene rings is 11. The lowest BCUT2D eigenvalue weighted by Crippen LogP contribution is -1.92. The second-order valence-electron chi connectivity index (χ2n) is 19.8. The van der Waals surface area contributed by atoms with Crippen LogP contribution in [0, 0.1) is 0 Å². The number of hydrogen-bond donors (Lipinski definition) is 0. The van der Waals surface area contributed by atoms with E-state index < -0.39 is 0 Å². The number of hydrogen-bond acceptors (Lipinski definition) is 2. The number of imidazole rings is 2. The summed E-state index contributed by atoms with van der Waals surface area (Å²) in [7, 11) is 0. The third-order valence-electron chi connectivity index (χ3n) is 15.4. The van der Waals surface area contributed by atoms with Crippen LogP contribution in [-0.2, 0) is 0 Å². The first-order valence-corrected chi connectivity index (χ1v) is 25.9. The number of aromatic nitrogens is 4. The largest absolute Gasteiger partial charge is 0.306 e. The van der Waals surface area contributed by atoms with Gasteiger partial charge < -0.3 is 8.80 Å². The van der Waals surface area contributed by atoms with Gasteiger partial charge in [-0.1, -0.05) is 231 Å². The van der Waals surface area contributed by atoms with Crippen LogP contribution in [-0.4, -0.2) is 18.8 Å². The van der Waals surface area contributed by atoms with Gasteiger partial charge in [0.2, 0.25) is 0 Å². The van der Waals surface area contributed by atoms with Crippen molar-refractivity contribution in [2.45, 2.75) is 0 Å². The molecule has 0 fully saturated rings. The Morgan fingerprint density at radius 2 is 0.421 bits per heavy atom. The number of rotatable bonds is 8. The van der Waals surface area contributed by atoms with E-state index in [0.29, 0.717) is 0 Å². The van der Waals surface area contributed by atoms with Crippen molar-refractivity contribution in [1.82, 2.24) is 18.8 Å². The van der Waals surface area contributed by atoms with Crippen LogP contribution < -0.4 is 0 Å². The molecule has 0 atom stereocenters. The zero-order chi connectivity index (χ0) is 50.1. The van der Waals surface area contributed by atoms with Crippen LogP contribution >= 0.6 is 0 Å². The summed E-state index contributed by atoms with van der Waals surface area (Å²) in [6.07, 6.45) is 8.59. The van der Waals surface area contributed by atoms with Gasteiger partial charge in [-0.05, 0) is 134 Å². The summed E-state index contributed by atoms with van der Waals surface area (Å²) in [5.41, 5.74) is 20.3. The second kappa shape index (κ2) is 17.8. The third-order valence-corrected chi connectivity index (χ3v) is 15.4. The fourth-order valence-electron chi connectivity index (χ4n) is 11.8. The lowest BCUT2D eigenvalue weighted by Gasteiger charge is -2.19. The van der Waals surface area contributed by atoms with Crippen LogP contribution in [0.1, 0.15) is 0 Å². The van der Waals surface area contributed by atoms with E-state index in [-0.39, 0.29) is 0 Å². The van der Waals surface area contributed by atoms with Crippen molar-refractivity contribution >= 4 is 54.4 Å². The summed E-state index contributed by atoms with van der Waals surface area (Å²) in [4.78, 5) is 10.0. The van der Waals surface area contributed by atoms with Crippen LogP contribution in [0.5, 0.6) is 0 Å². The molecule has 0 aliphatic carbocycles. The molecule has 0 aliphatic rings. The highest BCUT2D eigenvalue weighted by Gasteiger charge is 2.20. The maximum atomic E-state index is 5.02. The molecule has 4 aromatic heterocycles. The molecular weight excluding hydrogens is 921 g/mol. The van der Waals surface area contributed by atoms with Crippen LogP contribution in [0.4, 0.5) is 0 Å². The van der Waals surface area contributed by atoms with E-state index in [4.69, 9.17) is 9.97 Å². The summed E-state index contributed by atoms with van der Waals surface area (Å²) < 4.78 is 4.26. The third kappa shape index (κ3) is 7.30. The fourth-order valence-corrected chi connectivity index (χ4v) is 11.8. The molecule has 0 aliphatic heterocycles. The Hall–Kier alpha value is -10.2. The second-order valence-corrected chi connectivity index (χ2v) is 19.8. The summed E-state index contributed by atoms with van der Waals surface area (Å²) in [6.45, 7) is 0. The van der Waals surface area contributed by atoms with Gasteiger partial charge in [-0.25, -0.2) is 9.97 Å². The molecule has 15 aromatic rings. The predicted molar refractivity (Wildman–Crippen MR) is 317 cm³/mol. The van der Waals surface area contributed by atoms with E-state index in [0.717, 1.165) is 44.9 Å². The van der Waals surface area contributed by atoms with Crippen molar-refractivity contribution in [3.8, 4) is 89.3 Å². The molecule has 4 nitrogen and oxygen atoms in total. The normalized spacial score (nSPS) is 11.7. The smallest absolute Gasteiger partial charge is 0.137 e. The Morgan fingerprint density at radius 3 is 0.697 bits per heavy atom. The highest BCUT2D eigenvalue weighted by atomic mass is 15.0. The minimum atomic E-state index is 0.927. The first-order valence-electron chi connectivity index (χ1n) is 25.9. The van der Waals surface area contributed by atoms with Gasteiger partial charge in [-0.15, -0.1) is 0 Å². The average molecular weight is 967 g/mol. The summed E-state index contributed by atoms with van der Waals surface area (Å²) >= 11 is 0. The molecule has 15 rings (SSSR count). The number of fused-ring (bicyclic) bond motifs is 6. The first kappa shape index (κ1) is 43.4. The topological polar surface area (TPSA) is 34.6 Å². The fraction of sp³-hybridized carbons (Fsp3) is 0. The number of pyridine rings is 2. The van der Waals surface area contributed by atoms with Crippen molar-refractivity contribution in [3.63, 3.8) is 0 Å². The predicted octanol–water partition coefficient (Wildman–Crippen LogP) is 18.9. The van der Waals surface area contributed by atoms with Crippen LogP contribution in [0.3, 0.4) is 0 Å². The van der Waals surface area contributed by atoms with Gasteiger partial charge in [0, 0.05) is 35.9 Å². The molecule has 0 radical (unpaired) electrons. The molecule has 4 heteroatoms. The highest BCUT2D eigenvalue weighted by Crippen LogP contribution is 2.47. The Bertz CT molecular complexity index is 4290. The van der Waals surface area contributed by atoms with E-state index in [2.05, 4.69) is 288 Å². The first-order chi connectivity index (χ1) is 37.7. The molecule has 0 saturated heterocycles. The molecular formula is C72H46N4. The Balaban J connectivity index is 0.782. The van der Waals surface area contributed by atoms with E-state index in [1.54, 1.807) is 0 Å². The molecule has 0 unspecified atom stereocenters. The maximum Gasteiger partial charge on any atom is 0.137 e. The van der Waals surface area contributed by atoms with E-state index in [1.165, 1.54) is 98.7 Å². The molecule has 0 bridgehead atoms. The molecule has 76 heavy (non-hydrogen) atoms. The minimum absolute atomic E-state index is 0.927. The average Bonchev–Trinajstić information content (AvgIpc) is 4.21. The van der Waals surface area contributed by atoms with Crippen molar-refractivity contribution in [3.05, 3.63) is 280 Å². The zero-order valence-electron chi connectivity index (χ0n) is 41.3. The van der Waals surface area contributed by atoms with E-state index in [1.807, 2.05) is 0 Å². The number of nitrogens with zero attached hydrogens (tertiary/aromatic N) is 4. The lowest BCUT2D eigenvalue weighted by atomic mass is 9.84.